The van der Waals surface area contributed by atoms with Crippen LogP contribution in [0.3, 0.4) is 0 Å². The first-order valence-electron chi connectivity index (χ1n) is 11.1. The van der Waals surface area contributed by atoms with Crippen LogP contribution in [-0.2, 0) is 24.2 Å². The third kappa shape index (κ3) is 6.32. The van der Waals surface area contributed by atoms with Crippen molar-refractivity contribution in [3.63, 3.8) is 0 Å². The molecule has 0 saturated carbocycles. The monoisotopic (exact) mass is 521 g/mol. The van der Waals surface area contributed by atoms with Crippen molar-refractivity contribution in [2.45, 2.75) is 26.3 Å². The molecule has 2 heterocycles. The first-order valence-corrected chi connectivity index (χ1v) is 11.9. The molecule has 37 heavy (non-hydrogen) atoms. The summed E-state index contributed by atoms with van der Waals surface area (Å²) in [5, 5.41) is 25.8. The average Bonchev–Trinajstić information content (AvgIpc) is 3.51. The van der Waals surface area contributed by atoms with Gasteiger partial charge in [-0.1, -0.05) is 23.8 Å². The second-order valence-corrected chi connectivity index (χ2v) is 9.05. The first kappa shape index (κ1) is 25.4. The van der Waals surface area contributed by atoms with Crippen molar-refractivity contribution < 1.29 is 24.2 Å². The Bertz CT molecular complexity index is 1450. The number of para-hydroxylation sites is 1. The van der Waals surface area contributed by atoms with Crippen LogP contribution in [0.2, 0.25) is 0 Å². The van der Waals surface area contributed by atoms with Crippen LogP contribution in [-0.4, -0.2) is 55.2 Å². The quantitative estimate of drug-likeness (QED) is 0.266. The Labute approximate surface area is 215 Å². The van der Waals surface area contributed by atoms with Gasteiger partial charge in [-0.2, -0.15) is 0 Å². The van der Waals surface area contributed by atoms with Crippen molar-refractivity contribution in [3.8, 4) is 5.75 Å². The molecule has 0 fully saturated rings. The molecule has 0 aliphatic heterocycles. The van der Waals surface area contributed by atoms with E-state index in [4.69, 9.17) is 9.84 Å². The molecule has 2 aromatic heterocycles. The van der Waals surface area contributed by atoms with E-state index in [1.54, 1.807) is 48.7 Å². The molecular weight excluding hydrogens is 498 g/mol. The second kappa shape index (κ2) is 11.4. The number of amides is 2. The third-order valence-electron chi connectivity index (χ3n) is 5.28. The fourth-order valence-corrected chi connectivity index (χ4v) is 4.36. The number of tetrazole rings is 1. The van der Waals surface area contributed by atoms with Crippen LogP contribution in [0.4, 0.5) is 15.6 Å². The fourth-order valence-electron chi connectivity index (χ4n) is 3.55. The molecule has 0 aliphatic rings. The predicted octanol–water partition coefficient (Wildman–Crippen LogP) is 3.19. The average molecular weight is 522 g/mol. The zero-order chi connectivity index (χ0) is 26.4. The molecule has 0 aliphatic carbocycles. The fraction of sp³-hybridized carbons (Fsp3) is 0.208. The van der Waals surface area contributed by atoms with E-state index in [0.717, 1.165) is 10.4 Å². The van der Waals surface area contributed by atoms with E-state index in [2.05, 4.69) is 31.1 Å². The number of nitrogens with one attached hydrogen (secondary N) is 2. The summed E-state index contributed by atoms with van der Waals surface area (Å²) < 4.78 is 6.55. The number of ether oxygens (including phenoxy) is 1. The molecule has 0 saturated heterocycles. The van der Waals surface area contributed by atoms with Crippen molar-refractivity contribution in [2.24, 2.45) is 0 Å². The number of anilines is 2. The summed E-state index contributed by atoms with van der Waals surface area (Å²) in [7, 11) is 1.50. The number of aryl methyl sites for hydroxylation is 3. The number of carbonyl (C=O) groups is 3. The minimum absolute atomic E-state index is 0.279. The van der Waals surface area contributed by atoms with Gasteiger partial charge in [-0.05, 0) is 48.0 Å². The number of methoxy groups -OCH3 is 1. The Kier molecular flexibility index (Phi) is 7.83. The molecule has 13 heteroatoms. The molecule has 190 valence electrons. The van der Waals surface area contributed by atoms with Crippen molar-refractivity contribution in [3.05, 3.63) is 76.1 Å². The zero-order valence-corrected chi connectivity index (χ0v) is 20.8. The van der Waals surface area contributed by atoms with E-state index in [1.165, 1.54) is 23.1 Å². The Hall–Kier alpha value is -4.65. The molecule has 0 bridgehead atoms. The van der Waals surface area contributed by atoms with Crippen molar-refractivity contribution in [1.82, 2.24) is 25.2 Å². The van der Waals surface area contributed by atoms with Crippen molar-refractivity contribution >= 4 is 39.9 Å². The van der Waals surface area contributed by atoms with Gasteiger partial charge in [0.15, 0.2) is 16.7 Å². The van der Waals surface area contributed by atoms with Crippen LogP contribution in [0.5, 0.6) is 5.75 Å². The molecule has 4 rings (SSSR count). The number of urea groups is 1. The normalized spacial score (nSPS) is 10.6. The summed E-state index contributed by atoms with van der Waals surface area (Å²) in [6.07, 6.45) is 2.54. The minimum atomic E-state index is -1.04. The lowest BCUT2D eigenvalue weighted by molar-refractivity contribution is -0.138. The number of rotatable bonds is 10. The SMILES string of the molecule is COc1ccccc1C(=O)c1cc(C)ccc1NC(=O)Nc1ncc(CCc2nnnn2CC(=O)O)s1. The lowest BCUT2D eigenvalue weighted by Gasteiger charge is -2.13. The number of benzene rings is 2. The second-order valence-electron chi connectivity index (χ2n) is 7.94. The van der Waals surface area contributed by atoms with Crippen LogP contribution in [0.15, 0.2) is 48.7 Å². The number of aliphatic carboxylic acids is 1. The minimum Gasteiger partial charge on any atom is -0.496 e. The smallest absolute Gasteiger partial charge is 0.325 e. The molecule has 0 spiro atoms. The number of carboxylic acid groups (broad SMARTS) is 1. The molecule has 0 atom stereocenters. The van der Waals surface area contributed by atoms with Gasteiger partial charge in [0, 0.05) is 23.1 Å². The molecular formula is C24H23N7O5S. The molecule has 3 N–H and O–H groups in total. The highest BCUT2D eigenvalue weighted by atomic mass is 32.1. The molecule has 0 unspecified atom stereocenters. The van der Waals surface area contributed by atoms with E-state index >= 15 is 0 Å². The summed E-state index contributed by atoms with van der Waals surface area (Å²) in [4.78, 5) is 42.0. The Balaban J connectivity index is 1.42. The van der Waals surface area contributed by atoms with Gasteiger partial charge in [0.25, 0.3) is 0 Å². The van der Waals surface area contributed by atoms with Gasteiger partial charge >= 0.3 is 12.0 Å². The van der Waals surface area contributed by atoms with E-state index in [1.807, 2.05) is 6.92 Å². The third-order valence-corrected chi connectivity index (χ3v) is 6.25. The number of nitrogens with zero attached hydrogens (tertiary/aromatic N) is 5. The highest BCUT2D eigenvalue weighted by molar-refractivity contribution is 7.15. The van der Waals surface area contributed by atoms with Crippen molar-refractivity contribution in [1.29, 1.82) is 0 Å². The molecule has 4 aromatic rings. The largest absolute Gasteiger partial charge is 0.496 e. The van der Waals surface area contributed by atoms with E-state index < -0.39 is 12.0 Å². The van der Waals surface area contributed by atoms with Crippen LogP contribution in [0, 0.1) is 6.92 Å². The molecule has 2 aromatic carbocycles. The van der Waals surface area contributed by atoms with Gasteiger partial charge in [0.05, 0.1) is 18.4 Å². The molecule has 12 nitrogen and oxygen atoms in total. The van der Waals surface area contributed by atoms with Gasteiger partial charge in [-0.25, -0.2) is 14.5 Å². The summed E-state index contributed by atoms with van der Waals surface area (Å²) in [5.74, 6) is -0.435. The maximum atomic E-state index is 13.3. The summed E-state index contributed by atoms with van der Waals surface area (Å²) in [6.45, 7) is 1.54. The van der Waals surface area contributed by atoms with Crippen molar-refractivity contribution in [2.75, 3.05) is 17.7 Å². The highest BCUT2D eigenvalue weighted by Gasteiger charge is 2.19. The Morgan fingerprint density at radius 3 is 2.68 bits per heavy atom. The van der Waals surface area contributed by atoms with Crippen LogP contribution >= 0.6 is 11.3 Å². The maximum absolute atomic E-state index is 13.3. The summed E-state index contributed by atoms with van der Waals surface area (Å²) >= 11 is 1.27. The summed E-state index contributed by atoms with van der Waals surface area (Å²) in [5.41, 5.74) is 1.93. The van der Waals surface area contributed by atoms with Crippen LogP contribution in [0.1, 0.15) is 32.2 Å². The van der Waals surface area contributed by atoms with Gasteiger partial charge < -0.3 is 15.2 Å². The topological polar surface area (TPSA) is 161 Å². The number of hydrogen-bond acceptors (Lipinski definition) is 9. The Morgan fingerprint density at radius 2 is 1.89 bits per heavy atom. The van der Waals surface area contributed by atoms with E-state index in [-0.39, 0.29) is 12.3 Å². The standard InChI is InChI=1S/C24H23N7O5S/c1-14-7-9-18(17(11-14)22(34)16-5-3-4-6-19(16)36-2)26-23(35)27-24-25-12-15(37-24)8-10-20-28-29-30-31(20)13-21(32)33/h3-7,9,11-12H,8,10,13H2,1-2H3,(H,32,33)(H2,25,26,27,35). The lowest BCUT2D eigenvalue weighted by Crippen LogP contribution is -2.21. The van der Waals surface area contributed by atoms with Crippen LogP contribution < -0.4 is 15.4 Å². The van der Waals surface area contributed by atoms with Crippen LogP contribution in [0.25, 0.3) is 0 Å². The van der Waals surface area contributed by atoms with E-state index in [0.29, 0.717) is 46.4 Å². The number of ketones is 1. The number of carboxylic acids is 1. The summed E-state index contributed by atoms with van der Waals surface area (Å²) in [6, 6.07) is 11.5. The first-order chi connectivity index (χ1) is 17.8. The number of thiazole rings is 1. The highest BCUT2D eigenvalue weighted by Crippen LogP contribution is 2.27. The maximum Gasteiger partial charge on any atom is 0.325 e. The van der Waals surface area contributed by atoms with Gasteiger partial charge in [0.2, 0.25) is 0 Å². The van der Waals surface area contributed by atoms with Gasteiger partial charge in [0.1, 0.15) is 12.3 Å². The van der Waals surface area contributed by atoms with Gasteiger partial charge in [-0.15, -0.1) is 16.4 Å². The number of carbonyl (C=O) groups excluding carboxylic acids is 2. The predicted molar refractivity (Wildman–Crippen MR) is 135 cm³/mol. The lowest BCUT2D eigenvalue weighted by atomic mass is 9.99. The number of aromatic nitrogens is 5. The molecule has 2 amide bonds. The number of hydrogen-bond donors (Lipinski definition) is 3. The van der Waals surface area contributed by atoms with Gasteiger partial charge in [-0.3, -0.25) is 14.9 Å². The Morgan fingerprint density at radius 1 is 1.08 bits per heavy atom. The van der Waals surface area contributed by atoms with E-state index in [9.17, 15) is 14.4 Å². The molecule has 0 radical (unpaired) electrons. The zero-order valence-electron chi connectivity index (χ0n) is 20.0.